The maximum Gasteiger partial charge on any atom is 0.253 e. The van der Waals surface area contributed by atoms with Gasteiger partial charge >= 0.3 is 0 Å². The third kappa shape index (κ3) is 5.88. The molecule has 138 valence electrons. The van der Waals surface area contributed by atoms with Crippen molar-refractivity contribution in [1.82, 2.24) is 10.2 Å². The summed E-state index contributed by atoms with van der Waals surface area (Å²) < 4.78 is 0.714. The first kappa shape index (κ1) is 20.5. The molecule has 0 saturated heterocycles. The van der Waals surface area contributed by atoms with E-state index in [-0.39, 0.29) is 11.8 Å². The average molecular weight is 435 g/mol. The van der Waals surface area contributed by atoms with Crippen LogP contribution in [0.15, 0.2) is 59.1 Å². The molecule has 2 rings (SSSR count). The van der Waals surface area contributed by atoms with Gasteiger partial charge < -0.3 is 10.2 Å². The van der Waals surface area contributed by atoms with Crippen molar-refractivity contribution in [2.24, 2.45) is 0 Å². The van der Waals surface area contributed by atoms with E-state index >= 15 is 0 Å². The number of carbonyl (C=O) groups excluding carboxylic acids is 2. The predicted molar refractivity (Wildman–Crippen MR) is 111 cm³/mol. The Bertz CT molecular complexity index is 740. The molecule has 1 N–H and O–H groups in total. The quantitative estimate of drug-likeness (QED) is 0.683. The lowest BCUT2D eigenvalue weighted by Gasteiger charge is -2.25. The van der Waals surface area contributed by atoms with Crippen LogP contribution in [0, 0.1) is 0 Å². The minimum atomic E-state index is -0.546. The van der Waals surface area contributed by atoms with Gasteiger partial charge in [0.1, 0.15) is 6.04 Å². The highest BCUT2D eigenvalue weighted by Gasteiger charge is 2.24. The molecule has 0 fully saturated rings. The lowest BCUT2D eigenvalue weighted by molar-refractivity contribution is -0.132. The molecule has 0 aliphatic carbocycles. The Morgan fingerprint density at radius 2 is 1.77 bits per heavy atom. The van der Waals surface area contributed by atoms with Crippen LogP contribution in [0.25, 0.3) is 0 Å². The minimum Gasteiger partial charge on any atom is -0.340 e. The van der Waals surface area contributed by atoms with E-state index in [1.165, 1.54) is 0 Å². The minimum absolute atomic E-state index is 0.0803. The number of halogens is 1. The summed E-state index contributed by atoms with van der Waals surface area (Å²) in [7, 11) is 1.77. The summed E-state index contributed by atoms with van der Waals surface area (Å²) in [6.45, 7) is 0.514. The van der Waals surface area contributed by atoms with Crippen molar-refractivity contribution in [2.45, 2.75) is 19.0 Å². The highest BCUT2D eigenvalue weighted by atomic mass is 79.9. The van der Waals surface area contributed by atoms with Crippen LogP contribution >= 0.6 is 27.7 Å². The average Bonchev–Trinajstić information content (AvgIpc) is 2.65. The van der Waals surface area contributed by atoms with Gasteiger partial charge in [-0.25, -0.2) is 0 Å². The van der Waals surface area contributed by atoms with Gasteiger partial charge in [0.25, 0.3) is 5.91 Å². The molecule has 0 radical (unpaired) electrons. The number of hydrogen-bond acceptors (Lipinski definition) is 3. The number of carbonyl (C=O) groups is 2. The Hall–Kier alpha value is -1.79. The molecule has 1 atom stereocenters. The van der Waals surface area contributed by atoms with Gasteiger partial charge in [0, 0.05) is 18.1 Å². The van der Waals surface area contributed by atoms with Crippen LogP contribution in [-0.2, 0) is 11.3 Å². The fourth-order valence-electron chi connectivity index (χ4n) is 2.58. The van der Waals surface area contributed by atoms with E-state index in [1.807, 2.05) is 48.7 Å². The smallest absolute Gasteiger partial charge is 0.253 e. The first-order valence-corrected chi connectivity index (χ1v) is 10.5. The molecule has 0 aromatic heterocycles. The summed E-state index contributed by atoms with van der Waals surface area (Å²) in [5.41, 5.74) is 1.59. The number of hydrogen-bond donors (Lipinski definition) is 1. The zero-order chi connectivity index (χ0) is 18.9. The fourth-order valence-corrected chi connectivity index (χ4v) is 3.51. The molecule has 0 heterocycles. The van der Waals surface area contributed by atoms with Crippen LogP contribution in [0.4, 0.5) is 0 Å². The zero-order valence-corrected chi connectivity index (χ0v) is 17.3. The first-order valence-electron chi connectivity index (χ1n) is 8.36. The van der Waals surface area contributed by atoms with E-state index in [1.54, 1.807) is 35.8 Å². The number of nitrogens with zero attached hydrogens (tertiary/aromatic N) is 1. The van der Waals surface area contributed by atoms with Crippen LogP contribution in [0.2, 0.25) is 0 Å². The molecule has 0 aliphatic heterocycles. The van der Waals surface area contributed by atoms with Crippen molar-refractivity contribution >= 4 is 39.5 Å². The largest absolute Gasteiger partial charge is 0.340 e. The second kappa shape index (κ2) is 10.4. The Labute approximate surface area is 167 Å². The molecule has 0 saturated carbocycles. The predicted octanol–water partition coefficient (Wildman–Crippen LogP) is 3.96. The van der Waals surface area contributed by atoms with Gasteiger partial charge in [0.05, 0.1) is 5.56 Å². The van der Waals surface area contributed by atoms with Crippen molar-refractivity contribution < 1.29 is 9.59 Å². The SMILES string of the molecule is CSCCC(NC(=O)c1ccccc1Br)C(=O)N(C)Cc1ccccc1. The van der Waals surface area contributed by atoms with Crippen LogP contribution < -0.4 is 5.32 Å². The van der Waals surface area contributed by atoms with Crippen LogP contribution in [0.5, 0.6) is 0 Å². The number of thioether (sulfide) groups is 1. The lowest BCUT2D eigenvalue weighted by Crippen LogP contribution is -2.47. The van der Waals surface area contributed by atoms with Gasteiger partial charge in [-0.2, -0.15) is 11.8 Å². The molecule has 0 bridgehead atoms. The molecular weight excluding hydrogens is 412 g/mol. The Balaban J connectivity index is 2.08. The lowest BCUT2D eigenvalue weighted by atomic mass is 10.1. The van der Waals surface area contributed by atoms with Crippen LogP contribution in [0.1, 0.15) is 22.3 Å². The van der Waals surface area contributed by atoms with E-state index in [9.17, 15) is 9.59 Å². The van der Waals surface area contributed by atoms with E-state index in [0.717, 1.165) is 11.3 Å². The molecule has 6 heteroatoms. The van der Waals surface area contributed by atoms with Gasteiger partial charge in [-0.1, -0.05) is 42.5 Å². The molecule has 4 nitrogen and oxygen atoms in total. The third-order valence-corrected chi connectivity index (χ3v) is 5.31. The van der Waals surface area contributed by atoms with Gasteiger partial charge in [-0.3, -0.25) is 9.59 Å². The van der Waals surface area contributed by atoms with Crippen molar-refractivity contribution in [3.63, 3.8) is 0 Å². The van der Waals surface area contributed by atoms with E-state index < -0.39 is 6.04 Å². The highest BCUT2D eigenvalue weighted by Crippen LogP contribution is 2.16. The fraction of sp³-hybridized carbons (Fsp3) is 0.300. The molecule has 0 aliphatic rings. The molecular formula is C20H23BrN2O2S. The zero-order valence-electron chi connectivity index (χ0n) is 14.9. The van der Waals surface area contributed by atoms with Gasteiger partial charge in [-0.15, -0.1) is 0 Å². The maximum atomic E-state index is 12.9. The van der Waals surface area contributed by atoms with Gasteiger partial charge in [0.15, 0.2) is 0 Å². The van der Waals surface area contributed by atoms with Crippen LogP contribution in [0.3, 0.4) is 0 Å². The van der Waals surface area contributed by atoms with Crippen LogP contribution in [-0.4, -0.2) is 41.8 Å². The third-order valence-electron chi connectivity index (χ3n) is 3.97. The van der Waals surface area contributed by atoms with Gasteiger partial charge in [0.2, 0.25) is 5.91 Å². The Morgan fingerprint density at radius 1 is 1.12 bits per heavy atom. The molecule has 1 unspecified atom stereocenters. The number of rotatable bonds is 8. The number of amides is 2. The second-order valence-electron chi connectivity index (χ2n) is 5.97. The Morgan fingerprint density at radius 3 is 2.42 bits per heavy atom. The van der Waals surface area contributed by atoms with Crippen molar-refractivity contribution in [1.29, 1.82) is 0 Å². The molecule has 0 spiro atoms. The summed E-state index contributed by atoms with van der Waals surface area (Å²) in [5, 5.41) is 2.90. The summed E-state index contributed by atoms with van der Waals surface area (Å²) in [5.74, 6) is 0.472. The van der Waals surface area contributed by atoms with E-state index in [4.69, 9.17) is 0 Å². The molecule has 2 aromatic rings. The summed E-state index contributed by atoms with van der Waals surface area (Å²) >= 11 is 5.05. The molecule has 2 amide bonds. The van der Waals surface area contributed by atoms with Crippen molar-refractivity contribution in [3.05, 3.63) is 70.2 Å². The monoisotopic (exact) mass is 434 g/mol. The van der Waals surface area contributed by atoms with Gasteiger partial charge in [-0.05, 0) is 52.1 Å². The maximum absolute atomic E-state index is 12.9. The molecule has 2 aromatic carbocycles. The molecule has 26 heavy (non-hydrogen) atoms. The topological polar surface area (TPSA) is 49.4 Å². The normalized spacial score (nSPS) is 11.7. The second-order valence-corrected chi connectivity index (χ2v) is 7.81. The van der Waals surface area contributed by atoms with Crippen molar-refractivity contribution in [2.75, 3.05) is 19.1 Å². The first-order chi connectivity index (χ1) is 12.5. The standard InChI is InChI=1S/C20H23BrN2O2S/c1-23(14-15-8-4-3-5-9-15)20(25)18(12-13-26-2)22-19(24)16-10-6-7-11-17(16)21/h3-11,18H,12-14H2,1-2H3,(H,22,24). The number of likely N-dealkylation sites (N-methyl/N-ethyl adjacent to an activating group) is 1. The summed E-state index contributed by atoms with van der Waals surface area (Å²) in [6, 6.07) is 16.5. The van der Waals surface area contributed by atoms with E-state index in [2.05, 4.69) is 21.2 Å². The number of nitrogens with one attached hydrogen (secondary N) is 1. The summed E-state index contributed by atoms with van der Waals surface area (Å²) in [4.78, 5) is 27.2. The van der Waals surface area contributed by atoms with Crippen molar-refractivity contribution in [3.8, 4) is 0 Å². The van der Waals surface area contributed by atoms with E-state index in [0.29, 0.717) is 23.0 Å². The highest BCUT2D eigenvalue weighted by molar-refractivity contribution is 9.10. The Kier molecular flexibility index (Phi) is 8.19. The summed E-state index contributed by atoms with van der Waals surface area (Å²) in [6.07, 6.45) is 2.58. The number of benzene rings is 2.